The molecule has 0 saturated heterocycles. The van der Waals surface area contributed by atoms with Crippen molar-refractivity contribution in [2.24, 2.45) is 0 Å². The van der Waals surface area contributed by atoms with Crippen molar-refractivity contribution in [2.75, 3.05) is 13.7 Å². The molecule has 0 bridgehead atoms. The van der Waals surface area contributed by atoms with Gasteiger partial charge in [-0.25, -0.2) is 4.98 Å². The summed E-state index contributed by atoms with van der Waals surface area (Å²) in [5.74, 6) is 0.543. The molecule has 0 amide bonds. The fourth-order valence-electron chi connectivity index (χ4n) is 1.11. The lowest BCUT2D eigenvalue weighted by molar-refractivity contribution is 0.287. The summed E-state index contributed by atoms with van der Waals surface area (Å²) in [7, 11) is 1.56. The van der Waals surface area contributed by atoms with Gasteiger partial charge in [-0.15, -0.1) is 0 Å². The fraction of sp³-hybridized carbons (Fsp3) is 0.444. The Kier molecular flexibility index (Phi) is 3.99. The van der Waals surface area contributed by atoms with Crippen LogP contribution in [0.4, 0.5) is 0 Å². The second-order valence-corrected chi connectivity index (χ2v) is 3.01. The van der Waals surface area contributed by atoms with Gasteiger partial charge in [-0.3, -0.25) is 0 Å². The molecular weight excluding hydrogens is 190 g/mol. The van der Waals surface area contributed by atoms with Crippen molar-refractivity contribution in [3.05, 3.63) is 22.8 Å². The van der Waals surface area contributed by atoms with E-state index < -0.39 is 0 Å². The van der Waals surface area contributed by atoms with E-state index >= 15 is 0 Å². The number of nitrogens with zero attached hydrogens (tertiary/aromatic N) is 1. The quantitative estimate of drug-likeness (QED) is 0.806. The van der Waals surface area contributed by atoms with Gasteiger partial charge in [0.1, 0.15) is 0 Å². The molecule has 0 radical (unpaired) electrons. The van der Waals surface area contributed by atoms with Crippen LogP contribution in [0, 0.1) is 0 Å². The SMILES string of the molecule is COc1nccc(Cl)c1CCCO. The standard InChI is InChI=1S/C9H12ClNO2/c1-13-9-7(3-2-6-12)8(10)4-5-11-9/h4-5,12H,2-3,6H2,1H3. The van der Waals surface area contributed by atoms with Gasteiger partial charge in [-0.2, -0.15) is 0 Å². The molecule has 1 aromatic heterocycles. The van der Waals surface area contributed by atoms with Crippen LogP contribution in [-0.4, -0.2) is 23.8 Å². The maximum absolute atomic E-state index is 8.68. The van der Waals surface area contributed by atoms with Gasteiger partial charge in [-0.1, -0.05) is 11.6 Å². The van der Waals surface area contributed by atoms with E-state index in [9.17, 15) is 0 Å². The van der Waals surface area contributed by atoms with Crippen molar-refractivity contribution in [1.29, 1.82) is 0 Å². The first-order chi connectivity index (χ1) is 6.29. The third-order valence-corrected chi connectivity index (χ3v) is 2.09. The van der Waals surface area contributed by atoms with E-state index in [2.05, 4.69) is 4.98 Å². The monoisotopic (exact) mass is 201 g/mol. The highest BCUT2D eigenvalue weighted by Gasteiger charge is 2.07. The van der Waals surface area contributed by atoms with Crippen molar-refractivity contribution in [3.8, 4) is 5.88 Å². The topological polar surface area (TPSA) is 42.4 Å². The van der Waals surface area contributed by atoms with Gasteiger partial charge in [0.2, 0.25) is 5.88 Å². The molecule has 0 fully saturated rings. The summed E-state index contributed by atoms with van der Waals surface area (Å²) < 4.78 is 5.05. The number of pyridine rings is 1. The normalized spacial score (nSPS) is 10.1. The minimum absolute atomic E-state index is 0.147. The molecule has 1 heterocycles. The molecule has 0 aliphatic rings. The van der Waals surface area contributed by atoms with Crippen molar-refractivity contribution in [1.82, 2.24) is 4.98 Å². The maximum Gasteiger partial charge on any atom is 0.217 e. The maximum atomic E-state index is 8.68. The van der Waals surface area contributed by atoms with Crippen LogP contribution in [0.3, 0.4) is 0 Å². The molecule has 1 N–H and O–H groups in total. The molecule has 0 aliphatic heterocycles. The van der Waals surface area contributed by atoms with E-state index in [0.29, 0.717) is 23.7 Å². The van der Waals surface area contributed by atoms with Crippen LogP contribution in [0.25, 0.3) is 0 Å². The molecule has 1 aromatic rings. The molecule has 0 saturated carbocycles. The Morgan fingerprint density at radius 1 is 1.62 bits per heavy atom. The summed E-state index contributed by atoms with van der Waals surface area (Å²) >= 11 is 5.94. The number of halogens is 1. The summed E-state index contributed by atoms with van der Waals surface area (Å²) in [6.45, 7) is 0.147. The highest BCUT2D eigenvalue weighted by atomic mass is 35.5. The van der Waals surface area contributed by atoms with Crippen LogP contribution in [0.15, 0.2) is 12.3 Å². The van der Waals surface area contributed by atoms with E-state index in [0.717, 1.165) is 5.56 Å². The molecular formula is C9H12ClNO2. The average Bonchev–Trinajstić information content (AvgIpc) is 2.15. The van der Waals surface area contributed by atoms with Gasteiger partial charge in [-0.05, 0) is 18.9 Å². The van der Waals surface area contributed by atoms with Gasteiger partial charge in [0.05, 0.1) is 12.1 Å². The van der Waals surface area contributed by atoms with Crippen LogP contribution < -0.4 is 4.74 Å². The third kappa shape index (κ3) is 2.57. The molecule has 13 heavy (non-hydrogen) atoms. The number of methoxy groups -OCH3 is 1. The van der Waals surface area contributed by atoms with E-state index in [1.165, 1.54) is 0 Å². The second kappa shape index (κ2) is 5.04. The molecule has 0 unspecified atom stereocenters. The molecule has 0 atom stereocenters. The molecule has 1 rings (SSSR count). The predicted molar refractivity (Wildman–Crippen MR) is 51.2 cm³/mol. The van der Waals surface area contributed by atoms with Crippen LogP contribution in [0.5, 0.6) is 5.88 Å². The predicted octanol–water partition coefficient (Wildman–Crippen LogP) is 1.67. The second-order valence-electron chi connectivity index (χ2n) is 2.61. The van der Waals surface area contributed by atoms with Crippen LogP contribution in [0.1, 0.15) is 12.0 Å². The summed E-state index contributed by atoms with van der Waals surface area (Å²) in [5.41, 5.74) is 0.862. The first-order valence-corrected chi connectivity index (χ1v) is 4.45. The number of hydrogen-bond acceptors (Lipinski definition) is 3. The van der Waals surface area contributed by atoms with Crippen LogP contribution >= 0.6 is 11.6 Å². The van der Waals surface area contributed by atoms with Crippen LogP contribution in [0.2, 0.25) is 5.02 Å². The van der Waals surface area contributed by atoms with Gasteiger partial charge < -0.3 is 9.84 Å². The zero-order valence-electron chi connectivity index (χ0n) is 7.46. The zero-order valence-corrected chi connectivity index (χ0v) is 8.21. The smallest absolute Gasteiger partial charge is 0.217 e. The summed E-state index contributed by atoms with van der Waals surface area (Å²) in [4.78, 5) is 4.02. The van der Waals surface area contributed by atoms with Crippen molar-refractivity contribution < 1.29 is 9.84 Å². The Morgan fingerprint density at radius 2 is 2.38 bits per heavy atom. The third-order valence-electron chi connectivity index (χ3n) is 1.74. The number of ether oxygens (including phenoxy) is 1. The van der Waals surface area contributed by atoms with Gasteiger partial charge in [0.15, 0.2) is 0 Å². The molecule has 4 heteroatoms. The number of hydrogen-bond donors (Lipinski definition) is 1. The molecule has 0 spiro atoms. The Morgan fingerprint density at radius 3 is 3.00 bits per heavy atom. The average molecular weight is 202 g/mol. The first-order valence-electron chi connectivity index (χ1n) is 4.07. The van der Waals surface area contributed by atoms with E-state index in [4.69, 9.17) is 21.4 Å². The van der Waals surface area contributed by atoms with E-state index in [1.807, 2.05) is 0 Å². The number of aliphatic hydroxyl groups is 1. The highest BCUT2D eigenvalue weighted by Crippen LogP contribution is 2.24. The molecule has 0 aliphatic carbocycles. The van der Waals surface area contributed by atoms with Gasteiger partial charge in [0, 0.05) is 18.4 Å². The van der Waals surface area contributed by atoms with Gasteiger partial charge >= 0.3 is 0 Å². The van der Waals surface area contributed by atoms with Crippen molar-refractivity contribution in [3.63, 3.8) is 0 Å². The van der Waals surface area contributed by atoms with Crippen molar-refractivity contribution in [2.45, 2.75) is 12.8 Å². The summed E-state index contributed by atoms with van der Waals surface area (Å²) in [6.07, 6.45) is 2.96. The van der Waals surface area contributed by atoms with E-state index in [1.54, 1.807) is 19.4 Å². The number of aromatic nitrogens is 1. The lowest BCUT2D eigenvalue weighted by Gasteiger charge is -2.07. The first kappa shape index (κ1) is 10.3. The fourth-order valence-corrected chi connectivity index (χ4v) is 1.34. The Balaban J connectivity index is 2.87. The highest BCUT2D eigenvalue weighted by molar-refractivity contribution is 6.31. The summed E-state index contributed by atoms with van der Waals surface area (Å²) in [5, 5.41) is 9.32. The largest absolute Gasteiger partial charge is 0.481 e. The molecule has 72 valence electrons. The lowest BCUT2D eigenvalue weighted by atomic mass is 10.1. The summed E-state index contributed by atoms with van der Waals surface area (Å²) in [6, 6.07) is 1.72. The minimum Gasteiger partial charge on any atom is -0.481 e. The molecule has 3 nitrogen and oxygen atoms in total. The Labute approximate surface area is 82.3 Å². The van der Waals surface area contributed by atoms with E-state index in [-0.39, 0.29) is 6.61 Å². The minimum atomic E-state index is 0.147. The zero-order chi connectivity index (χ0) is 9.68. The van der Waals surface area contributed by atoms with Gasteiger partial charge in [0.25, 0.3) is 0 Å². The lowest BCUT2D eigenvalue weighted by Crippen LogP contribution is -1.97. The number of aliphatic hydroxyl groups excluding tert-OH is 1. The Bertz CT molecular complexity index is 278. The Hall–Kier alpha value is -0.800. The van der Waals surface area contributed by atoms with Crippen LogP contribution in [-0.2, 0) is 6.42 Å². The number of rotatable bonds is 4. The van der Waals surface area contributed by atoms with Crippen molar-refractivity contribution >= 4 is 11.6 Å². The molecule has 0 aromatic carbocycles.